The standard InChI is InChI=1S/C24H15F3N6O3/c1-2-18(35)32-10-13(11-32)20-29-16(9-28)19-21(30-20)31-23(24(25,26)27)33(22(19)36)17-8-14(34)7-12-5-3-4-6-15(12)17/h2-8,13,34H,1,10-11H2. The van der Waals surface area contributed by atoms with Crippen LogP contribution in [0.3, 0.4) is 0 Å². The minimum absolute atomic E-state index is 0.00717. The van der Waals surface area contributed by atoms with E-state index < -0.39 is 40.2 Å². The summed E-state index contributed by atoms with van der Waals surface area (Å²) < 4.78 is 42.9. The minimum Gasteiger partial charge on any atom is -0.508 e. The van der Waals surface area contributed by atoms with Crippen molar-refractivity contribution >= 4 is 27.7 Å². The molecule has 1 amide bonds. The Bertz CT molecular complexity index is 1680. The summed E-state index contributed by atoms with van der Waals surface area (Å²) in [6.45, 7) is 3.76. The Hall–Kier alpha value is -4.79. The Balaban J connectivity index is 1.78. The summed E-state index contributed by atoms with van der Waals surface area (Å²) in [7, 11) is 0. The number of amides is 1. The number of hydrogen-bond donors (Lipinski definition) is 1. The largest absolute Gasteiger partial charge is 0.508 e. The molecule has 2 aromatic heterocycles. The average Bonchev–Trinajstić information content (AvgIpc) is 2.81. The predicted molar refractivity (Wildman–Crippen MR) is 121 cm³/mol. The van der Waals surface area contributed by atoms with Crippen LogP contribution in [0.1, 0.15) is 23.3 Å². The molecule has 36 heavy (non-hydrogen) atoms. The maximum atomic E-state index is 14.2. The number of carbonyl (C=O) groups excluding carboxylic acids is 1. The van der Waals surface area contributed by atoms with Crippen molar-refractivity contribution in [3.63, 3.8) is 0 Å². The number of aromatic hydroxyl groups is 1. The molecule has 3 heterocycles. The van der Waals surface area contributed by atoms with Gasteiger partial charge in [-0.3, -0.25) is 14.2 Å². The van der Waals surface area contributed by atoms with Gasteiger partial charge in [0.1, 0.15) is 23.0 Å². The van der Waals surface area contributed by atoms with Gasteiger partial charge in [0, 0.05) is 24.5 Å². The molecule has 12 heteroatoms. The van der Waals surface area contributed by atoms with Crippen molar-refractivity contribution in [3.05, 3.63) is 76.7 Å². The minimum atomic E-state index is -5.08. The monoisotopic (exact) mass is 492 g/mol. The molecule has 0 saturated carbocycles. The van der Waals surface area contributed by atoms with Gasteiger partial charge in [-0.2, -0.15) is 18.4 Å². The molecule has 1 N–H and O–H groups in total. The zero-order valence-electron chi connectivity index (χ0n) is 18.3. The van der Waals surface area contributed by atoms with E-state index >= 15 is 0 Å². The number of hydrogen-bond acceptors (Lipinski definition) is 7. The summed E-state index contributed by atoms with van der Waals surface area (Å²) >= 11 is 0. The maximum Gasteiger partial charge on any atom is 0.450 e. The molecule has 0 bridgehead atoms. The Morgan fingerprint density at radius 2 is 1.92 bits per heavy atom. The Morgan fingerprint density at radius 1 is 1.19 bits per heavy atom. The first-order valence-corrected chi connectivity index (χ1v) is 10.6. The Morgan fingerprint density at radius 3 is 2.58 bits per heavy atom. The highest BCUT2D eigenvalue weighted by Crippen LogP contribution is 2.34. The van der Waals surface area contributed by atoms with Crippen molar-refractivity contribution in [2.75, 3.05) is 13.1 Å². The van der Waals surface area contributed by atoms with E-state index in [4.69, 9.17) is 0 Å². The smallest absolute Gasteiger partial charge is 0.450 e. The molecule has 5 rings (SSSR count). The summed E-state index contributed by atoms with van der Waals surface area (Å²) in [4.78, 5) is 38.5. The van der Waals surface area contributed by atoms with Crippen molar-refractivity contribution < 1.29 is 23.1 Å². The lowest BCUT2D eigenvalue weighted by Gasteiger charge is -2.37. The van der Waals surface area contributed by atoms with E-state index in [0.29, 0.717) is 9.95 Å². The first-order chi connectivity index (χ1) is 17.1. The topological polar surface area (TPSA) is 125 Å². The number of likely N-dealkylation sites (tertiary alicyclic amines) is 1. The van der Waals surface area contributed by atoms with Crippen LogP contribution in [0.15, 0.2) is 53.8 Å². The van der Waals surface area contributed by atoms with Crippen molar-refractivity contribution in [2.24, 2.45) is 0 Å². The van der Waals surface area contributed by atoms with E-state index in [1.165, 1.54) is 17.0 Å². The van der Waals surface area contributed by atoms with Gasteiger partial charge >= 0.3 is 6.18 Å². The molecule has 4 aromatic rings. The number of fused-ring (bicyclic) bond motifs is 2. The Labute approximate surface area is 200 Å². The normalized spacial score (nSPS) is 14.0. The summed E-state index contributed by atoms with van der Waals surface area (Å²) in [5.41, 5.74) is -2.48. The molecule has 180 valence electrons. The lowest BCUT2D eigenvalue weighted by molar-refractivity contribution is -0.146. The number of alkyl halides is 3. The SMILES string of the molecule is C=CC(=O)N1CC(c2nc(C#N)c3c(=O)n(-c4cc(O)cc5ccccc45)c(C(F)(F)F)nc3n2)C1. The highest BCUT2D eigenvalue weighted by Gasteiger charge is 2.40. The lowest BCUT2D eigenvalue weighted by Crippen LogP contribution is -2.48. The molecule has 0 atom stereocenters. The quantitative estimate of drug-likeness (QED) is 0.436. The second kappa shape index (κ2) is 8.16. The molecular weight excluding hydrogens is 477 g/mol. The van der Waals surface area contributed by atoms with E-state index in [0.717, 1.165) is 12.1 Å². The Kier molecular flexibility index (Phi) is 5.21. The first-order valence-electron chi connectivity index (χ1n) is 10.6. The maximum absolute atomic E-state index is 14.2. The van der Waals surface area contributed by atoms with Crippen LogP contribution < -0.4 is 5.56 Å². The van der Waals surface area contributed by atoms with Crippen LogP contribution in [-0.4, -0.2) is 48.5 Å². The summed E-state index contributed by atoms with van der Waals surface area (Å²) in [5.74, 6) is -2.70. The molecule has 0 unspecified atom stereocenters. The zero-order valence-corrected chi connectivity index (χ0v) is 18.3. The summed E-state index contributed by atoms with van der Waals surface area (Å²) in [6.07, 6.45) is -3.95. The fraction of sp³-hybridized carbons (Fsp3) is 0.167. The number of benzene rings is 2. The van der Waals surface area contributed by atoms with Crippen LogP contribution in [0.5, 0.6) is 5.75 Å². The van der Waals surface area contributed by atoms with Gasteiger partial charge in [0.05, 0.1) is 11.6 Å². The first kappa shape index (κ1) is 23.0. The average molecular weight is 492 g/mol. The molecule has 1 aliphatic rings. The van der Waals surface area contributed by atoms with Crippen molar-refractivity contribution in [3.8, 4) is 17.5 Å². The van der Waals surface area contributed by atoms with E-state index in [1.54, 1.807) is 24.3 Å². The van der Waals surface area contributed by atoms with Gasteiger partial charge in [-0.25, -0.2) is 15.0 Å². The fourth-order valence-corrected chi connectivity index (χ4v) is 4.19. The molecular formula is C24H15F3N6O3. The van der Waals surface area contributed by atoms with Gasteiger partial charge in [-0.1, -0.05) is 30.8 Å². The van der Waals surface area contributed by atoms with E-state index in [-0.39, 0.29) is 41.6 Å². The fourth-order valence-electron chi connectivity index (χ4n) is 4.19. The highest BCUT2D eigenvalue weighted by molar-refractivity contribution is 5.92. The third-order valence-corrected chi connectivity index (χ3v) is 5.91. The highest BCUT2D eigenvalue weighted by atomic mass is 19.4. The second-order valence-electron chi connectivity index (χ2n) is 8.14. The van der Waals surface area contributed by atoms with Crippen LogP contribution in [0, 0.1) is 11.3 Å². The summed E-state index contributed by atoms with van der Waals surface area (Å²) in [5, 5.41) is 20.0. The van der Waals surface area contributed by atoms with Gasteiger partial charge in [-0.15, -0.1) is 0 Å². The molecule has 1 aliphatic heterocycles. The van der Waals surface area contributed by atoms with E-state index in [1.807, 2.05) is 0 Å². The van der Waals surface area contributed by atoms with E-state index in [9.17, 15) is 33.1 Å². The van der Waals surface area contributed by atoms with Crippen LogP contribution >= 0.6 is 0 Å². The molecule has 0 radical (unpaired) electrons. The molecule has 1 fully saturated rings. The van der Waals surface area contributed by atoms with E-state index in [2.05, 4.69) is 21.5 Å². The van der Waals surface area contributed by atoms with Crippen molar-refractivity contribution in [1.82, 2.24) is 24.4 Å². The van der Waals surface area contributed by atoms with Crippen LogP contribution in [0.25, 0.3) is 27.5 Å². The van der Waals surface area contributed by atoms with Gasteiger partial charge in [-0.05, 0) is 17.5 Å². The molecule has 0 spiro atoms. The van der Waals surface area contributed by atoms with Crippen LogP contribution in [-0.2, 0) is 11.0 Å². The van der Waals surface area contributed by atoms with Gasteiger partial charge in [0.15, 0.2) is 11.3 Å². The van der Waals surface area contributed by atoms with Gasteiger partial charge in [0.25, 0.3) is 5.56 Å². The lowest BCUT2D eigenvalue weighted by atomic mass is 9.98. The number of phenols is 1. The number of carbonyl (C=O) groups is 1. The van der Waals surface area contributed by atoms with Crippen LogP contribution in [0.2, 0.25) is 0 Å². The van der Waals surface area contributed by atoms with Gasteiger partial charge in [0.2, 0.25) is 11.7 Å². The number of aromatic nitrogens is 4. The molecule has 9 nitrogen and oxygen atoms in total. The zero-order chi connectivity index (χ0) is 25.8. The number of rotatable bonds is 3. The third-order valence-electron chi connectivity index (χ3n) is 5.91. The predicted octanol–water partition coefficient (Wildman–Crippen LogP) is 3.04. The van der Waals surface area contributed by atoms with Crippen molar-refractivity contribution in [1.29, 1.82) is 5.26 Å². The molecule has 2 aromatic carbocycles. The number of halogens is 3. The second-order valence-corrected chi connectivity index (χ2v) is 8.14. The van der Waals surface area contributed by atoms with Gasteiger partial charge < -0.3 is 10.0 Å². The van der Waals surface area contributed by atoms with Crippen LogP contribution in [0.4, 0.5) is 13.2 Å². The molecule has 0 aliphatic carbocycles. The number of phenolic OH excluding ortho intramolecular Hbond substituents is 1. The van der Waals surface area contributed by atoms with Crippen molar-refractivity contribution in [2.45, 2.75) is 12.1 Å². The third kappa shape index (κ3) is 3.61. The number of nitriles is 1. The summed E-state index contributed by atoms with van der Waals surface area (Å²) in [6, 6.07) is 10.4. The molecule has 1 saturated heterocycles. The number of nitrogens with zero attached hydrogens (tertiary/aromatic N) is 6.